The van der Waals surface area contributed by atoms with E-state index in [2.05, 4.69) is 25.4 Å². The van der Waals surface area contributed by atoms with E-state index in [-0.39, 0.29) is 18.3 Å². The second-order valence-corrected chi connectivity index (χ2v) is 6.87. The van der Waals surface area contributed by atoms with Gasteiger partial charge >= 0.3 is 0 Å². The molecule has 0 saturated carbocycles. The number of benzene rings is 1. The van der Waals surface area contributed by atoms with Crippen LogP contribution in [0.1, 0.15) is 18.6 Å². The summed E-state index contributed by atoms with van der Waals surface area (Å²) in [5.41, 5.74) is 0.635. The summed E-state index contributed by atoms with van der Waals surface area (Å²) in [6, 6.07) is 5.80. The van der Waals surface area contributed by atoms with Crippen molar-refractivity contribution >= 4 is 11.9 Å². The standard InChI is InChI=1S/C20H32FN5O3/c1-3-22-20(24-14-18(27)16-4-6-17(21)7-5-16)26-11-9-25(10-12-26)15-19(28)23-8-13-29-2/h4-7,18,27H,3,8-15H2,1-2H3,(H,22,24)(H,23,28). The van der Waals surface area contributed by atoms with Gasteiger partial charge in [0.05, 0.1) is 25.8 Å². The van der Waals surface area contributed by atoms with Crippen LogP contribution in [-0.4, -0.2) is 92.8 Å². The number of halogens is 1. The molecule has 1 atom stereocenters. The summed E-state index contributed by atoms with van der Waals surface area (Å²) in [5, 5.41) is 16.4. The molecule has 29 heavy (non-hydrogen) atoms. The van der Waals surface area contributed by atoms with Crippen LogP contribution in [0.4, 0.5) is 4.39 Å². The number of carbonyl (C=O) groups excluding carboxylic acids is 1. The molecule has 0 bridgehead atoms. The molecule has 0 radical (unpaired) electrons. The largest absolute Gasteiger partial charge is 0.386 e. The number of nitrogens with zero attached hydrogens (tertiary/aromatic N) is 3. The highest BCUT2D eigenvalue weighted by Crippen LogP contribution is 2.14. The van der Waals surface area contributed by atoms with Gasteiger partial charge in [0, 0.05) is 46.4 Å². The number of piperazine rings is 1. The summed E-state index contributed by atoms with van der Waals surface area (Å²) in [4.78, 5) is 20.7. The highest BCUT2D eigenvalue weighted by molar-refractivity contribution is 5.80. The summed E-state index contributed by atoms with van der Waals surface area (Å²) in [7, 11) is 1.60. The zero-order valence-corrected chi connectivity index (χ0v) is 17.2. The monoisotopic (exact) mass is 409 g/mol. The van der Waals surface area contributed by atoms with Crippen molar-refractivity contribution in [2.75, 3.05) is 66.1 Å². The number of aliphatic hydroxyl groups is 1. The lowest BCUT2D eigenvalue weighted by Gasteiger charge is -2.36. The van der Waals surface area contributed by atoms with E-state index in [0.717, 1.165) is 32.1 Å². The Kier molecular flexibility index (Phi) is 9.82. The molecule has 2 rings (SSSR count). The molecule has 1 amide bonds. The number of amides is 1. The molecule has 1 saturated heterocycles. The van der Waals surface area contributed by atoms with E-state index in [9.17, 15) is 14.3 Å². The minimum atomic E-state index is -0.790. The van der Waals surface area contributed by atoms with Crippen LogP contribution in [0.25, 0.3) is 0 Å². The molecule has 0 aromatic heterocycles. The minimum Gasteiger partial charge on any atom is -0.386 e. The van der Waals surface area contributed by atoms with Crippen LogP contribution in [0.3, 0.4) is 0 Å². The molecule has 1 aliphatic rings. The van der Waals surface area contributed by atoms with E-state index in [4.69, 9.17) is 4.74 Å². The Morgan fingerprint density at radius 3 is 2.55 bits per heavy atom. The molecule has 8 nitrogen and oxygen atoms in total. The predicted molar refractivity (Wildman–Crippen MR) is 110 cm³/mol. The Hall–Kier alpha value is -2.23. The third-order valence-corrected chi connectivity index (χ3v) is 4.67. The fraction of sp³-hybridized carbons (Fsp3) is 0.600. The molecule has 162 valence electrons. The fourth-order valence-corrected chi connectivity index (χ4v) is 3.06. The van der Waals surface area contributed by atoms with Crippen molar-refractivity contribution < 1.29 is 19.0 Å². The number of aliphatic hydroxyl groups excluding tert-OH is 1. The molecule has 0 spiro atoms. The molecule has 1 fully saturated rings. The van der Waals surface area contributed by atoms with Gasteiger partial charge in [0.2, 0.25) is 5.91 Å². The van der Waals surface area contributed by atoms with E-state index in [1.165, 1.54) is 12.1 Å². The van der Waals surface area contributed by atoms with Crippen LogP contribution in [0.15, 0.2) is 29.3 Å². The van der Waals surface area contributed by atoms with Gasteiger partial charge in [-0.1, -0.05) is 12.1 Å². The second kappa shape index (κ2) is 12.4. The van der Waals surface area contributed by atoms with Crippen LogP contribution in [0.2, 0.25) is 0 Å². The number of guanidine groups is 1. The topological polar surface area (TPSA) is 89.4 Å². The number of methoxy groups -OCH3 is 1. The number of hydrogen-bond donors (Lipinski definition) is 3. The van der Waals surface area contributed by atoms with Gasteiger partial charge < -0.3 is 25.4 Å². The van der Waals surface area contributed by atoms with Crippen molar-refractivity contribution in [2.45, 2.75) is 13.0 Å². The average Bonchev–Trinajstić information content (AvgIpc) is 2.72. The maximum absolute atomic E-state index is 13.0. The highest BCUT2D eigenvalue weighted by Gasteiger charge is 2.21. The number of carbonyl (C=O) groups is 1. The Labute approximate surface area is 171 Å². The summed E-state index contributed by atoms with van der Waals surface area (Å²) in [5.74, 6) is 0.402. The van der Waals surface area contributed by atoms with Crippen molar-refractivity contribution in [2.24, 2.45) is 4.99 Å². The smallest absolute Gasteiger partial charge is 0.234 e. The zero-order valence-electron chi connectivity index (χ0n) is 17.2. The van der Waals surface area contributed by atoms with E-state index in [1.54, 1.807) is 19.2 Å². The fourth-order valence-electron chi connectivity index (χ4n) is 3.06. The van der Waals surface area contributed by atoms with E-state index < -0.39 is 6.10 Å². The Balaban J connectivity index is 1.84. The van der Waals surface area contributed by atoms with Gasteiger partial charge in [-0.3, -0.25) is 14.7 Å². The van der Waals surface area contributed by atoms with Crippen molar-refractivity contribution in [3.63, 3.8) is 0 Å². The first kappa shape index (κ1) is 23.1. The van der Waals surface area contributed by atoms with Crippen molar-refractivity contribution in [3.05, 3.63) is 35.6 Å². The van der Waals surface area contributed by atoms with Crippen LogP contribution in [0.5, 0.6) is 0 Å². The maximum atomic E-state index is 13.0. The molecule has 3 N–H and O–H groups in total. The van der Waals surface area contributed by atoms with Gasteiger partial charge in [0.25, 0.3) is 0 Å². The maximum Gasteiger partial charge on any atom is 0.234 e. The van der Waals surface area contributed by atoms with Crippen molar-refractivity contribution in [1.29, 1.82) is 0 Å². The summed E-state index contributed by atoms with van der Waals surface area (Å²) in [6.45, 7) is 7.28. The van der Waals surface area contributed by atoms with Gasteiger partial charge in [-0.15, -0.1) is 0 Å². The lowest BCUT2D eigenvalue weighted by atomic mass is 10.1. The molecule has 1 aromatic rings. The number of aliphatic imine (C=N–C) groups is 1. The number of hydrogen-bond acceptors (Lipinski definition) is 5. The third kappa shape index (κ3) is 7.96. The normalized spacial score (nSPS) is 16.6. The Morgan fingerprint density at radius 2 is 1.93 bits per heavy atom. The lowest BCUT2D eigenvalue weighted by molar-refractivity contribution is -0.122. The van der Waals surface area contributed by atoms with Crippen LogP contribution < -0.4 is 10.6 Å². The minimum absolute atomic E-state index is 0.00139. The lowest BCUT2D eigenvalue weighted by Crippen LogP contribution is -2.54. The van der Waals surface area contributed by atoms with E-state index in [1.807, 2.05) is 6.92 Å². The highest BCUT2D eigenvalue weighted by atomic mass is 19.1. The summed E-state index contributed by atoms with van der Waals surface area (Å²) < 4.78 is 18.0. The SMILES string of the molecule is CCNC(=NCC(O)c1ccc(F)cc1)N1CCN(CC(=O)NCCOC)CC1. The first-order valence-electron chi connectivity index (χ1n) is 9.98. The molecule has 1 heterocycles. The quantitative estimate of drug-likeness (QED) is 0.307. The van der Waals surface area contributed by atoms with Crippen molar-refractivity contribution in [3.8, 4) is 0 Å². The van der Waals surface area contributed by atoms with Gasteiger partial charge in [0.15, 0.2) is 5.96 Å². The first-order valence-corrected chi connectivity index (χ1v) is 9.98. The molecular formula is C20H32FN5O3. The van der Waals surface area contributed by atoms with Gasteiger partial charge in [-0.25, -0.2) is 4.39 Å². The molecule has 1 aliphatic heterocycles. The molecule has 0 aliphatic carbocycles. The Morgan fingerprint density at radius 1 is 1.24 bits per heavy atom. The van der Waals surface area contributed by atoms with Crippen LogP contribution in [0, 0.1) is 5.82 Å². The Bertz CT molecular complexity index is 648. The van der Waals surface area contributed by atoms with Gasteiger partial charge in [-0.05, 0) is 24.6 Å². The predicted octanol–water partition coefficient (Wildman–Crippen LogP) is 0.205. The number of ether oxygens (including phenoxy) is 1. The van der Waals surface area contributed by atoms with E-state index >= 15 is 0 Å². The summed E-state index contributed by atoms with van der Waals surface area (Å²) >= 11 is 0. The van der Waals surface area contributed by atoms with Crippen LogP contribution in [-0.2, 0) is 9.53 Å². The van der Waals surface area contributed by atoms with Gasteiger partial charge in [-0.2, -0.15) is 0 Å². The van der Waals surface area contributed by atoms with E-state index in [0.29, 0.717) is 31.8 Å². The number of nitrogens with one attached hydrogen (secondary N) is 2. The second-order valence-electron chi connectivity index (χ2n) is 6.87. The molecule has 1 unspecified atom stereocenters. The zero-order chi connectivity index (χ0) is 21.1. The van der Waals surface area contributed by atoms with Crippen LogP contribution >= 0.6 is 0 Å². The first-order chi connectivity index (χ1) is 14.0. The average molecular weight is 410 g/mol. The number of rotatable bonds is 9. The molecular weight excluding hydrogens is 377 g/mol. The summed E-state index contributed by atoms with van der Waals surface area (Å²) in [6.07, 6.45) is -0.790. The third-order valence-electron chi connectivity index (χ3n) is 4.67. The van der Waals surface area contributed by atoms with Gasteiger partial charge in [0.1, 0.15) is 5.82 Å². The molecule has 1 aromatic carbocycles. The molecule has 9 heteroatoms. The van der Waals surface area contributed by atoms with Crippen molar-refractivity contribution in [1.82, 2.24) is 20.4 Å².